The highest BCUT2D eigenvalue weighted by Gasteiger charge is 2.24. The van der Waals surface area contributed by atoms with Crippen molar-refractivity contribution in [3.05, 3.63) is 65.6 Å². The molecule has 1 aromatic carbocycles. The Hall–Kier alpha value is -2.81. The van der Waals surface area contributed by atoms with Crippen LogP contribution in [0.1, 0.15) is 16.8 Å². The second-order valence-electron chi connectivity index (χ2n) is 7.15. The quantitative estimate of drug-likeness (QED) is 0.566. The zero-order chi connectivity index (χ0) is 19.5. The molecular formula is C20H19N5O2S. The molecule has 0 radical (unpaired) electrons. The lowest BCUT2D eigenvalue weighted by Gasteiger charge is -2.26. The minimum atomic E-state index is -3.69. The lowest BCUT2D eigenvalue weighted by atomic mass is 10.0. The summed E-state index contributed by atoms with van der Waals surface area (Å²) in [4.78, 5) is 9.01. The van der Waals surface area contributed by atoms with Crippen molar-refractivity contribution in [3.8, 4) is 5.69 Å². The molecule has 0 bridgehead atoms. The Bertz CT molecular complexity index is 1340. The second-order valence-corrected chi connectivity index (χ2v) is 8.70. The number of aryl methyl sites for hydroxylation is 1. The zero-order valence-corrected chi connectivity index (χ0v) is 16.1. The molecule has 142 valence electrons. The molecule has 0 fully saturated rings. The van der Waals surface area contributed by atoms with Gasteiger partial charge in [-0.3, -0.25) is 0 Å². The summed E-state index contributed by atoms with van der Waals surface area (Å²) in [5.41, 5.74) is 5.78. The van der Waals surface area contributed by atoms with Crippen molar-refractivity contribution in [2.75, 3.05) is 6.54 Å². The maximum Gasteiger partial charge on any atom is 0.277 e. The van der Waals surface area contributed by atoms with Crippen molar-refractivity contribution in [1.82, 2.24) is 18.8 Å². The number of fused-ring (bicyclic) bond motifs is 4. The Morgan fingerprint density at radius 3 is 2.79 bits per heavy atom. The highest BCUT2D eigenvalue weighted by atomic mass is 32.2. The average molecular weight is 393 g/mol. The Labute approximate surface area is 162 Å². The van der Waals surface area contributed by atoms with E-state index in [2.05, 4.69) is 26.7 Å². The van der Waals surface area contributed by atoms with E-state index in [4.69, 9.17) is 5.14 Å². The summed E-state index contributed by atoms with van der Waals surface area (Å²) in [6, 6.07) is 12.2. The van der Waals surface area contributed by atoms with E-state index in [9.17, 15) is 8.42 Å². The van der Waals surface area contributed by atoms with E-state index >= 15 is 0 Å². The Morgan fingerprint density at radius 1 is 1.11 bits per heavy atom. The molecule has 4 aromatic rings. The first-order valence-electron chi connectivity index (χ1n) is 9.04. The molecule has 2 N–H and O–H groups in total. The number of benzene rings is 1. The van der Waals surface area contributed by atoms with Gasteiger partial charge in [0.1, 0.15) is 0 Å². The molecule has 1 aliphatic heterocycles. The van der Waals surface area contributed by atoms with Crippen LogP contribution in [-0.2, 0) is 23.2 Å². The van der Waals surface area contributed by atoms with E-state index in [0.717, 1.165) is 38.8 Å². The number of aromatic nitrogens is 3. The van der Waals surface area contributed by atoms with Gasteiger partial charge in [0.2, 0.25) is 0 Å². The van der Waals surface area contributed by atoms with E-state index < -0.39 is 10.2 Å². The predicted molar refractivity (Wildman–Crippen MR) is 108 cm³/mol. The van der Waals surface area contributed by atoms with Gasteiger partial charge in [-0.15, -0.1) is 0 Å². The van der Waals surface area contributed by atoms with Crippen molar-refractivity contribution in [2.45, 2.75) is 19.9 Å². The molecule has 8 heteroatoms. The van der Waals surface area contributed by atoms with Gasteiger partial charge in [-0.2, -0.15) is 12.7 Å². The lowest BCUT2D eigenvalue weighted by molar-refractivity contribution is 0.392. The lowest BCUT2D eigenvalue weighted by Crippen LogP contribution is -2.40. The number of hydrogen-bond acceptors (Lipinski definition) is 4. The Balaban J connectivity index is 1.67. The molecule has 0 amide bonds. The third-order valence-electron chi connectivity index (χ3n) is 5.32. The highest BCUT2D eigenvalue weighted by molar-refractivity contribution is 7.86. The van der Waals surface area contributed by atoms with Gasteiger partial charge in [-0.05, 0) is 54.8 Å². The normalized spacial score (nSPS) is 15.2. The Morgan fingerprint density at radius 2 is 1.96 bits per heavy atom. The summed E-state index contributed by atoms with van der Waals surface area (Å²) in [5.74, 6) is 0. The van der Waals surface area contributed by atoms with Crippen molar-refractivity contribution in [3.63, 3.8) is 0 Å². The van der Waals surface area contributed by atoms with Crippen LogP contribution in [0.2, 0.25) is 0 Å². The molecule has 0 unspecified atom stereocenters. The zero-order valence-electron chi connectivity index (χ0n) is 15.3. The molecule has 0 spiro atoms. The van der Waals surface area contributed by atoms with Crippen LogP contribution in [0.25, 0.3) is 27.6 Å². The molecule has 4 heterocycles. The van der Waals surface area contributed by atoms with Crippen LogP contribution in [0.15, 0.2) is 48.8 Å². The minimum absolute atomic E-state index is 0.296. The first-order valence-corrected chi connectivity index (χ1v) is 10.5. The van der Waals surface area contributed by atoms with Crippen LogP contribution < -0.4 is 5.14 Å². The summed E-state index contributed by atoms with van der Waals surface area (Å²) in [7, 11) is -3.69. The maximum absolute atomic E-state index is 11.7. The molecule has 0 saturated carbocycles. The van der Waals surface area contributed by atoms with Gasteiger partial charge in [0, 0.05) is 47.6 Å². The SMILES string of the molecule is Cc1ccc2c(ncc3ccn(-c4ccc5c(c4)CN(S(N)(=O)=O)CC5)c32)n1. The largest absolute Gasteiger partial charge is 0.316 e. The number of pyridine rings is 2. The van der Waals surface area contributed by atoms with Crippen molar-refractivity contribution >= 4 is 32.1 Å². The van der Waals surface area contributed by atoms with E-state index in [0.29, 0.717) is 25.2 Å². The third-order valence-corrected chi connectivity index (χ3v) is 6.35. The average Bonchev–Trinajstić information content (AvgIpc) is 3.10. The van der Waals surface area contributed by atoms with Gasteiger partial charge < -0.3 is 4.57 Å². The van der Waals surface area contributed by atoms with Gasteiger partial charge in [0.15, 0.2) is 5.65 Å². The molecule has 0 atom stereocenters. The minimum Gasteiger partial charge on any atom is -0.316 e. The van der Waals surface area contributed by atoms with E-state index in [1.165, 1.54) is 4.31 Å². The van der Waals surface area contributed by atoms with Crippen molar-refractivity contribution < 1.29 is 8.42 Å². The van der Waals surface area contributed by atoms with Gasteiger partial charge in [0.25, 0.3) is 10.2 Å². The van der Waals surface area contributed by atoms with Gasteiger partial charge in [-0.25, -0.2) is 15.1 Å². The van der Waals surface area contributed by atoms with Crippen LogP contribution in [0.4, 0.5) is 0 Å². The fourth-order valence-corrected chi connectivity index (χ4v) is 4.56. The first kappa shape index (κ1) is 17.3. The number of nitrogens with zero attached hydrogens (tertiary/aromatic N) is 4. The standard InChI is InChI=1S/C20H19N5O2S/c1-13-2-5-18-19-15(11-22-20(18)23-13)7-9-25(19)17-4-3-14-6-8-24(28(21,26)27)12-16(14)10-17/h2-5,7,9-11H,6,8,12H2,1H3,(H2,21,26,27). The fourth-order valence-electron chi connectivity index (χ4n) is 3.89. The van der Waals surface area contributed by atoms with Gasteiger partial charge in [0.05, 0.1) is 5.52 Å². The second kappa shape index (κ2) is 6.10. The topological polar surface area (TPSA) is 94.1 Å². The summed E-state index contributed by atoms with van der Waals surface area (Å²) < 4.78 is 26.9. The van der Waals surface area contributed by atoms with Crippen LogP contribution in [0.3, 0.4) is 0 Å². The van der Waals surface area contributed by atoms with Crippen molar-refractivity contribution in [2.24, 2.45) is 5.14 Å². The van der Waals surface area contributed by atoms with Crippen LogP contribution in [0.5, 0.6) is 0 Å². The third kappa shape index (κ3) is 2.77. The molecule has 1 aliphatic rings. The maximum atomic E-state index is 11.7. The predicted octanol–water partition coefficient (Wildman–Crippen LogP) is 2.44. The highest BCUT2D eigenvalue weighted by Crippen LogP contribution is 2.29. The molecule has 5 rings (SSSR count). The van der Waals surface area contributed by atoms with Gasteiger partial charge in [-0.1, -0.05) is 6.07 Å². The van der Waals surface area contributed by atoms with Crippen molar-refractivity contribution in [1.29, 1.82) is 0 Å². The summed E-state index contributed by atoms with van der Waals surface area (Å²) >= 11 is 0. The Kier molecular flexibility index (Phi) is 3.77. The smallest absolute Gasteiger partial charge is 0.277 e. The molecule has 3 aromatic heterocycles. The molecule has 0 saturated heterocycles. The van der Waals surface area contributed by atoms with E-state index in [-0.39, 0.29) is 0 Å². The summed E-state index contributed by atoms with van der Waals surface area (Å²) in [6.45, 7) is 2.66. The van der Waals surface area contributed by atoms with E-state index in [1.807, 2.05) is 43.6 Å². The van der Waals surface area contributed by atoms with E-state index in [1.54, 1.807) is 0 Å². The fraction of sp³-hybridized carbons (Fsp3) is 0.200. The van der Waals surface area contributed by atoms with Gasteiger partial charge >= 0.3 is 0 Å². The molecule has 0 aliphatic carbocycles. The van der Waals surface area contributed by atoms with Crippen LogP contribution >= 0.6 is 0 Å². The summed E-state index contributed by atoms with van der Waals surface area (Å²) in [6.07, 6.45) is 4.50. The van der Waals surface area contributed by atoms with Crippen LogP contribution in [0, 0.1) is 6.92 Å². The number of nitrogens with two attached hydrogens (primary N) is 1. The molecule has 7 nitrogen and oxygen atoms in total. The number of rotatable bonds is 2. The number of hydrogen-bond donors (Lipinski definition) is 1. The first-order chi connectivity index (χ1) is 13.4. The molecule has 28 heavy (non-hydrogen) atoms. The monoisotopic (exact) mass is 393 g/mol. The summed E-state index contributed by atoms with van der Waals surface area (Å²) in [5, 5.41) is 7.34. The molecular weight excluding hydrogens is 374 g/mol. The van der Waals surface area contributed by atoms with Crippen LogP contribution in [-0.4, -0.2) is 33.8 Å².